The van der Waals surface area contributed by atoms with E-state index in [4.69, 9.17) is 0 Å². The number of urea groups is 1. The minimum absolute atomic E-state index is 0.133. The van der Waals surface area contributed by atoms with Crippen molar-refractivity contribution in [2.24, 2.45) is 0 Å². The van der Waals surface area contributed by atoms with Gasteiger partial charge in [0.25, 0.3) is 0 Å². The molecule has 1 saturated heterocycles. The molecule has 25 heavy (non-hydrogen) atoms. The molecule has 3 rings (SSSR count). The van der Waals surface area contributed by atoms with Gasteiger partial charge in [0.2, 0.25) is 0 Å². The van der Waals surface area contributed by atoms with Crippen LogP contribution in [0.25, 0.3) is 0 Å². The maximum Gasteiger partial charge on any atom is 0.321 e. The highest BCUT2D eigenvalue weighted by molar-refractivity contribution is 5.89. The van der Waals surface area contributed by atoms with Crippen molar-refractivity contribution >= 4 is 11.7 Å². The van der Waals surface area contributed by atoms with E-state index in [-0.39, 0.29) is 11.7 Å². The molecule has 0 spiro atoms. The number of nitrogens with one attached hydrogen (secondary N) is 1. The Bertz CT molecular complexity index is 696. The van der Waals surface area contributed by atoms with Crippen molar-refractivity contribution in [2.45, 2.75) is 6.42 Å². The summed E-state index contributed by atoms with van der Waals surface area (Å²) in [6.45, 7) is 3.72. The molecule has 1 aliphatic rings. The zero-order valence-electron chi connectivity index (χ0n) is 13.9. The molecule has 2 aromatic rings. The van der Waals surface area contributed by atoms with E-state index in [2.05, 4.69) is 22.3 Å². The summed E-state index contributed by atoms with van der Waals surface area (Å²) in [6, 6.07) is 13.0. The molecular formula is C19H21F2N3O. The molecule has 0 aliphatic carbocycles. The Morgan fingerprint density at radius 1 is 0.960 bits per heavy atom. The van der Waals surface area contributed by atoms with Crippen molar-refractivity contribution in [1.82, 2.24) is 9.80 Å². The lowest BCUT2D eigenvalue weighted by Gasteiger charge is -2.34. The Kier molecular flexibility index (Phi) is 5.60. The number of amides is 2. The molecule has 0 bridgehead atoms. The maximum atomic E-state index is 13.2. The lowest BCUT2D eigenvalue weighted by Crippen LogP contribution is -2.50. The number of carbonyl (C=O) groups is 1. The summed E-state index contributed by atoms with van der Waals surface area (Å²) in [5, 5.41) is 2.55. The first-order valence-corrected chi connectivity index (χ1v) is 8.38. The Labute approximate surface area is 146 Å². The zero-order chi connectivity index (χ0) is 17.6. The number of hydrogen-bond donors (Lipinski definition) is 1. The highest BCUT2D eigenvalue weighted by Crippen LogP contribution is 2.14. The SMILES string of the molecule is O=C(Nc1cc(F)cc(F)c1)N1CCN(CCc2ccccc2)CC1. The van der Waals surface area contributed by atoms with E-state index in [0.29, 0.717) is 13.1 Å². The van der Waals surface area contributed by atoms with Crippen molar-refractivity contribution in [3.63, 3.8) is 0 Å². The molecule has 0 radical (unpaired) electrons. The standard InChI is InChI=1S/C19H21F2N3O/c20-16-12-17(21)14-18(13-16)22-19(25)24-10-8-23(9-11-24)7-6-15-4-2-1-3-5-15/h1-5,12-14H,6-11H2,(H,22,25). The highest BCUT2D eigenvalue weighted by atomic mass is 19.1. The fourth-order valence-electron chi connectivity index (χ4n) is 2.93. The van der Waals surface area contributed by atoms with Crippen LogP contribution < -0.4 is 5.32 Å². The van der Waals surface area contributed by atoms with Crippen molar-refractivity contribution in [2.75, 3.05) is 38.0 Å². The Morgan fingerprint density at radius 2 is 1.60 bits per heavy atom. The minimum Gasteiger partial charge on any atom is -0.322 e. The smallest absolute Gasteiger partial charge is 0.321 e. The first-order chi connectivity index (χ1) is 12.1. The van der Waals surface area contributed by atoms with Gasteiger partial charge >= 0.3 is 6.03 Å². The summed E-state index contributed by atoms with van der Waals surface area (Å²) in [4.78, 5) is 16.2. The molecule has 1 heterocycles. The lowest BCUT2D eigenvalue weighted by atomic mass is 10.1. The fraction of sp³-hybridized carbons (Fsp3) is 0.316. The molecule has 4 nitrogen and oxygen atoms in total. The van der Waals surface area contributed by atoms with Crippen LogP contribution in [-0.4, -0.2) is 48.6 Å². The van der Waals surface area contributed by atoms with Crippen LogP contribution in [0, 0.1) is 11.6 Å². The number of piperazine rings is 1. The summed E-state index contributed by atoms with van der Waals surface area (Å²) in [5.74, 6) is -1.41. The Morgan fingerprint density at radius 3 is 2.24 bits per heavy atom. The number of carbonyl (C=O) groups excluding carboxylic acids is 1. The molecule has 2 amide bonds. The van der Waals surface area contributed by atoms with Gasteiger partial charge in [-0.25, -0.2) is 13.6 Å². The van der Waals surface area contributed by atoms with Gasteiger partial charge in [-0.2, -0.15) is 0 Å². The van der Waals surface area contributed by atoms with Crippen LogP contribution >= 0.6 is 0 Å². The van der Waals surface area contributed by atoms with Crippen LogP contribution in [-0.2, 0) is 6.42 Å². The lowest BCUT2D eigenvalue weighted by molar-refractivity contribution is 0.148. The van der Waals surface area contributed by atoms with Gasteiger partial charge in [0.1, 0.15) is 11.6 Å². The van der Waals surface area contributed by atoms with E-state index < -0.39 is 11.6 Å². The van der Waals surface area contributed by atoms with Crippen LogP contribution in [0.5, 0.6) is 0 Å². The number of nitrogens with zero attached hydrogens (tertiary/aromatic N) is 2. The average molecular weight is 345 g/mol. The first kappa shape index (κ1) is 17.4. The maximum absolute atomic E-state index is 13.2. The van der Waals surface area contributed by atoms with Gasteiger partial charge in [-0.15, -0.1) is 0 Å². The van der Waals surface area contributed by atoms with Crippen LogP contribution in [0.3, 0.4) is 0 Å². The van der Waals surface area contributed by atoms with Crippen LogP contribution in [0.15, 0.2) is 48.5 Å². The van der Waals surface area contributed by atoms with Crippen LogP contribution in [0.2, 0.25) is 0 Å². The van der Waals surface area contributed by atoms with Gasteiger partial charge in [0.05, 0.1) is 0 Å². The number of benzene rings is 2. The summed E-state index contributed by atoms with van der Waals surface area (Å²) in [7, 11) is 0. The molecule has 2 aromatic carbocycles. The molecule has 132 valence electrons. The highest BCUT2D eigenvalue weighted by Gasteiger charge is 2.21. The molecule has 1 N–H and O–H groups in total. The number of anilines is 1. The monoisotopic (exact) mass is 345 g/mol. The molecule has 0 aromatic heterocycles. The zero-order valence-corrected chi connectivity index (χ0v) is 13.9. The van der Waals surface area contributed by atoms with Gasteiger partial charge in [0, 0.05) is 44.5 Å². The largest absolute Gasteiger partial charge is 0.322 e. The summed E-state index contributed by atoms with van der Waals surface area (Å²) >= 11 is 0. The minimum atomic E-state index is -0.707. The molecule has 1 aliphatic heterocycles. The van der Waals surface area contributed by atoms with Crippen molar-refractivity contribution in [3.05, 3.63) is 65.7 Å². The second-order valence-corrected chi connectivity index (χ2v) is 6.15. The Balaban J connectivity index is 1.46. The van der Waals surface area contributed by atoms with E-state index in [1.165, 1.54) is 5.56 Å². The number of hydrogen-bond acceptors (Lipinski definition) is 2. The van der Waals surface area contributed by atoms with Crippen LogP contribution in [0.4, 0.5) is 19.3 Å². The number of rotatable bonds is 4. The van der Waals surface area contributed by atoms with E-state index in [9.17, 15) is 13.6 Å². The van der Waals surface area contributed by atoms with E-state index in [1.54, 1.807) is 4.90 Å². The molecule has 0 unspecified atom stereocenters. The van der Waals surface area contributed by atoms with Gasteiger partial charge < -0.3 is 10.2 Å². The normalized spacial score (nSPS) is 15.2. The quantitative estimate of drug-likeness (QED) is 0.922. The summed E-state index contributed by atoms with van der Waals surface area (Å²) in [5.41, 5.74) is 1.44. The average Bonchev–Trinajstić information content (AvgIpc) is 2.60. The van der Waals surface area contributed by atoms with Gasteiger partial charge in [-0.1, -0.05) is 30.3 Å². The van der Waals surface area contributed by atoms with Crippen molar-refractivity contribution in [1.29, 1.82) is 0 Å². The van der Waals surface area contributed by atoms with E-state index in [1.807, 2.05) is 18.2 Å². The van der Waals surface area contributed by atoms with Crippen molar-refractivity contribution < 1.29 is 13.6 Å². The molecule has 1 fully saturated rings. The summed E-state index contributed by atoms with van der Waals surface area (Å²) in [6.07, 6.45) is 0.982. The predicted molar refractivity (Wildman–Crippen MR) is 93.5 cm³/mol. The first-order valence-electron chi connectivity index (χ1n) is 8.38. The third kappa shape index (κ3) is 5.00. The fourth-order valence-corrected chi connectivity index (χ4v) is 2.93. The Hall–Kier alpha value is -2.47. The van der Waals surface area contributed by atoms with Gasteiger partial charge in [-0.3, -0.25) is 4.90 Å². The van der Waals surface area contributed by atoms with E-state index >= 15 is 0 Å². The molecular weight excluding hydrogens is 324 g/mol. The summed E-state index contributed by atoms with van der Waals surface area (Å²) < 4.78 is 26.4. The van der Waals surface area contributed by atoms with Gasteiger partial charge in [-0.05, 0) is 24.1 Å². The second kappa shape index (κ2) is 8.07. The second-order valence-electron chi connectivity index (χ2n) is 6.15. The van der Waals surface area contributed by atoms with Gasteiger partial charge in [0.15, 0.2) is 0 Å². The predicted octanol–water partition coefficient (Wildman–Crippen LogP) is 3.36. The molecule has 6 heteroatoms. The van der Waals surface area contributed by atoms with Crippen molar-refractivity contribution in [3.8, 4) is 0 Å². The molecule has 0 atom stereocenters. The van der Waals surface area contributed by atoms with E-state index in [0.717, 1.165) is 44.3 Å². The third-order valence-electron chi connectivity index (χ3n) is 4.33. The molecule has 0 saturated carbocycles. The van der Waals surface area contributed by atoms with Crippen LogP contribution in [0.1, 0.15) is 5.56 Å². The topological polar surface area (TPSA) is 35.6 Å². The number of halogens is 2. The third-order valence-corrected chi connectivity index (χ3v) is 4.33.